The first-order valence-electron chi connectivity index (χ1n) is 7.15. The van der Waals surface area contributed by atoms with Crippen molar-refractivity contribution < 1.29 is 4.74 Å². The molecule has 1 aromatic rings. The summed E-state index contributed by atoms with van der Waals surface area (Å²) in [4.78, 5) is 2.36. The van der Waals surface area contributed by atoms with Crippen LogP contribution in [0.1, 0.15) is 24.8 Å². The van der Waals surface area contributed by atoms with E-state index in [-0.39, 0.29) is 5.60 Å². The lowest BCUT2D eigenvalue weighted by Crippen LogP contribution is -2.42. The lowest BCUT2D eigenvalue weighted by Gasteiger charge is -2.36. The number of ether oxygens (including phenoxy) is 1. The predicted octanol–water partition coefficient (Wildman–Crippen LogP) is 2.10. The van der Waals surface area contributed by atoms with Gasteiger partial charge in [-0.2, -0.15) is 0 Å². The van der Waals surface area contributed by atoms with Crippen molar-refractivity contribution >= 4 is 17.4 Å². The molecule has 0 aromatic carbocycles. The number of likely N-dealkylation sites (tertiary alicyclic amines) is 1. The van der Waals surface area contributed by atoms with Gasteiger partial charge in [-0.1, -0.05) is 11.6 Å². The maximum atomic E-state index is 6.11. The monoisotopic (exact) mass is 296 g/mol. The number of nitrogens with zero attached hydrogens (tertiary/aromatic N) is 3. The van der Waals surface area contributed by atoms with Crippen molar-refractivity contribution in [1.29, 1.82) is 0 Å². The Morgan fingerprint density at radius 3 is 2.85 bits per heavy atom. The molecule has 1 aromatic heterocycles. The van der Waals surface area contributed by atoms with Crippen molar-refractivity contribution in [1.82, 2.24) is 15.1 Å². The molecule has 1 unspecified atom stereocenters. The Balaban J connectivity index is 1.61. The Morgan fingerprint density at radius 2 is 2.15 bits per heavy atom. The van der Waals surface area contributed by atoms with E-state index in [1.54, 1.807) is 0 Å². The molecule has 0 radical (unpaired) electrons. The van der Waals surface area contributed by atoms with Crippen LogP contribution in [0.5, 0.6) is 0 Å². The molecule has 3 rings (SSSR count). The number of halogens is 1. The Labute approximate surface area is 124 Å². The summed E-state index contributed by atoms with van der Waals surface area (Å²) in [5.74, 6) is 0.783. The van der Waals surface area contributed by atoms with E-state index in [4.69, 9.17) is 16.3 Å². The first-order chi connectivity index (χ1) is 9.56. The minimum absolute atomic E-state index is 0.0685. The third-order valence-electron chi connectivity index (χ3n) is 4.38. The van der Waals surface area contributed by atoms with Crippen LogP contribution in [0.3, 0.4) is 0 Å². The molecule has 2 fully saturated rings. The quantitative estimate of drug-likeness (QED) is 0.906. The molecule has 2 aliphatic rings. The summed E-state index contributed by atoms with van der Waals surface area (Å²) in [5, 5.41) is 11.9. The summed E-state index contributed by atoms with van der Waals surface area (Å²) in [6, 6.07) is 2.25. The van der Waals surface area contributed by atoms with Crippen molar-refractivity contribution in [3.63, 3.8) is 0 Å². The molecule has 1 atom stereocenters. The van der Waals surface area contributed by atoms with Crippen LogP contribution in [-0.2, 0) is 4.74 Å². The van der Waals surface area contributed by atoms with Gasteiger partial charge in [-0.05, 0) is 44.9 Å². The number of anilines is 1. The summed E-state index contributed by atoms with van der Waals surface area (Å²) in [6.07, 6.45) is 3.28. The van der Waals surface area contributed by atoms with E-state index in [0.29, 0.717) is 11.2 Å². The average Bonchev–Trinajstić information content (AvgIpc) is 2.81. The van der Waals surface area contributed by atoms with Crippen molar-refractivity contribution in [2.24, 2.45) is 0 Å². The van der Waals surface area contributed by atoms with Gasteiger partial charge in [-0.25, -0.2) is 0 Å². The second-order valence-electron chi connectivity index (χ2n) is 6.05. The number of aromatic nitrogens is 2. The number of aryl methyl sites for hydroxylation is 1. The van der Waals surface area contributed by atoms with E-state index < -0.39 is 0 Å². The molecule has 5 nitrogen and oxygen atoms in total. The molecule has 6 heteroatoms. The summed E-state index contributed by atoms with van der Waals surface area (Å²) in [6.45, 7) is 4.91. The van der Waals surface area contributed by atoms with E-state index in [1.165, 1.54) is 0 Å². The maximum Gasteiger partial charge on any atom is 0.154 e. The van der Waals surface area contributed by atoms with Crippen LogP contribution in [0.25, 0.3) is 0 Å². The van der Waals surface area contributed by atoms with Gasteiger partial charge in [0.15, 0.2) is 5.15 Å². The lowest BCUT2D eigenvalue weighted by molar-refractivity contribution is -0.0391. The third-order valence-corrected chi connectivity index (χ3v) is 4.76. The molecule has 2 saturated heterocycles. The van der Waals surface area contributed by atoms with Crippen molar-refractivity contribution in [3.05, 3.63) is 16.8 Å². The Bertz CT molecular complexity index is 488. The molecular formula is C14H21ClN4O. The molecule has 0 saturated carbocycles. The summed E-state index contributed by atoms with van der Waals surface area (Å²) in [5.41, 5.74) is 1.01. The molecule has 3 heterocycles. The van der Waals surface area contributed by atoms with E-state index in [2.05, 4.69) is 27.5 Å². The Morgan fingerprint density at radius 1 is 1.40 bits per heavy atom. The summed E-state index contributed by atoms with van der Waals surface area (Å²) in [7, 11) is 2.17. The van der Waals surface area contributed by atoms with Gasteiger partial charge >= 0.3 is 0 Å². The molecule has 0 bridgehead atoms. The van der Waals surface area contributed by atoms with Crippen LogP contribution in [0.15, 0.2) is 6.07 Å². The standard InChI is InChI=1S/C14H21ClN4O/c1-10-7-12(17-18-13(10)15)16-11-8-14(20-9-11)3-5-19(2)6-4-14/h7,11H,3-6,8-9H2,1-2H3,(H,16,17). The maximum absolute atomic E-state index is 6.11. The van der Waals surface area contributed by atoms with Crippen molar-refractivity contribution in [2.45, 2.75) is 37.8 Å². The van der Waals surface area contributed by atoms with Gasteiger partial charge in [0, 0.05) is 13.1 Å². The molecular weight excluding hydrogens is 276 g/mol. The SMILES string of the molecule is Cc1cc(NC2COC3(CCN(C)CC3)C2)nnc1Cl. The second-order valence-corrected chi connectivity index (χ2v) is 6.40. The normalized spacial score (nSPS) is 26.1. The van der Waals surface area contributed by atoms with E-state index in [1.807, 2.05) is 13.0 Å². The zero-order valence-corrected chi connectivity index (χ0v) is 12.8. The summed E-state index contributed by atoms with van der Waals surface area (Å²) < 4.78 is 6.11. The van der Waals surface area contributed by atoms with Gasteiger partial charge in [0.25, 0.3) is 0 Å². The zero-order valence-electron chi connectivity index (χ0n) is 12.0. The van der Waals surface area contributed by atoms with E-state index in [0.717, 1.165) is 50.3 Å². The molecule has 0 amide bonds. The largest absolute Gasteiger partial charge is 0.373 e. The Kier molecular flexibility index (Phi) is 3.84. The molecule has 1 N–H and O–H groups in total. The van der Waals surface area contributed by atoms with Crippen LogP contribution < -0.4 is 5.32 Å². The topological polar surface area (TPSA) is 50.3 Å². The highest BCUT2D eigenvalue weighted by Crippen LogP contribution is 2.36. The first kappa shape index (κ1) is 14.0. The number of hydrogen-bond donors (Lipinski definition) is 1. The molecule has 1 spiro atoms. The minimum Gasteiger partial charge on any atom is -0.373 e. The molecule has 20 heavy (non-hydrogen) atoms. The van der Waals surface area contributed by atoms with E-state index >= 15 is 0 Å². The smallest absolute Gasteiger partial charge is 0.154 e. The fourth-order valence-corrected chi connectivity index (χ4v) is 3.15. The highest BCUT2D eigenvalue weighted by atomic mass is 35.5. The number of nitrogens with one attached hydrogen (secondary N) is 1. The van der Waals surface area contributed by atoms with Crippen LogP contribution in [0, 0.1) is 6.92 Å². The van der Waals surface area contributed by atoms with Gasteiger partial charge in [0.05, 0.1) is 18.2 Å². The second kappa shape index (κ2) is 5.47. The summed E-state index contributed by atoms with van der Waals surface area (Å²) >= 11 is 5.90. The van der Waals surface area contributed by atoms with Gasteiger partial charge < -0.3 is 15.0 Å². The Hall–Kier alpha value is -0.910. The van der Waals surface area contributed by atoms with Gasteiger partial charge in [-0.15, -0.1) is 10.2 Å². The van der Waals surface area contributed by atoms with Crippen LogP contribution in [0.2, 0.25) is 5.15 Å². The van der Waals surface area contributed by atoms with Gasteiger partial charge in [0.2, 0.25) is 0 Å². The lowest BCUT2D eigenvalue weighted by atomic mass is 9.87. The molecule has 0 aliphatic carbocycles. The fourth-order valence-electron chi connectivity index (χ4n) is 3.06. The highest BCUT2D eigenvalue weighted by Gasteiger charge is 2.42. The predicted molar refractivity (Wildman–Crippen MR) is 79.2 cm³/mol. The fraction of sp³-hybridized carbons (Fsp3) is 0.714. The zero-order chi connectivity index (χ0) is 14.2. The average molecular weight is 297 g/mol. The van der Waals surface area contributed by atoms with Crippen LogP contribution in [-0.4, -0.2) is 53.5 Å². The number of hydrogen-bond acceptors (Lipinski definition) is 5. The van der Waals surface area contributed by atoms with Crippen molar-refractivity contribution in [2.75, 3.05) is 32.1 Å². The molecule has 2 aliphatic heterocycles. The van der Waals surface area contributed by atoms with Gasteiger partial charge in [0.1, 0.15) is 5.82 Å². The van der Waals surface area contributed by atoms with Crippen LogP contribution in [0.4, 0.5) is 5.82 Å². The first-order valence-corrected chi connectivity index (χ1v) is 7.53. The van der Waals surface area contributed by atoms with E-state index in [9.17, 15) is 0 Å². The third kappa shape index (κ3) is 2.90. The minimum atomic E-state index is 0.0685. The molecule has 110 valence electrons. The number of rotatable bonds is 2. The van der Waals surface area contributed by atoms with Crippen molar-refractivity contribution in [3.8, 4) is 0 Å². The van der Waals surface area contributed by atoms with Crippen LogP contribution >= 0.6 is 11.6 Å². The highest BCUT2D eigenvalue weighted by molar-refractivity contribution is 6.30. The van der Waals surface area contributed by atoms with Gasteiger partial charge in [-0.3, -0.25) is 0 Å². The number of piperidine rings is 1.